The van der Waals surface area contributed by atoms with E-state index in [1.165, 1.54) is 11.3 Å². The van der Waals surface area contributed by atoms with Crippen LogP contribution in [0.1, 0.15) is 29.3 Å². The number of Topliss-reactive ketones (excluding diaryl/α,β-unsaturated/α-hetero) is 1. The Morgan fingerprint density at radius 2 is 1.71 bits per heavy atom. The summed E-state index contributed by atoms with van der Waals surface area (Å²) in [5.74, 6) is -0.701. The molecule has 2 aromatic carbocycles. The van der Waals surface area contributed by atoms with Gasteiger partial charge in [0.1, 0.15) is 5.75 Å². The Labute approximate surface area is 184 Å². The second-order valence-corrected chi connectivity index (χ2v) is 7.56. The van der Waals surface area contributed by atoms with Crippen molar-refractivity contribution in [2.75, 3.05) is 18.5 Å². The third-order valence-electron chi connectivity index (χ3n) is 4.32. The molecule has 1 amide bonds. The first-order chi connectivity index (χ1) is 14.9. The van der Waals surface area contributed by atoms with E-state index in [9.17, 15) is 14.4 Å². The van der Waals surface area contributed by atoms with Crippen LogP contribution in [0.4, 0.5) is 5.13 Å². The number of thiazole rings is 1. The summed E-state index contributed by atoms with van der Waals surface area (Å²) in [6.45, 7) is 3.01. The van der Waals surface area contributed by atoms with Crippen LogP contribution < -0.4 is 10.1 Å². The number of carbonyl (C=O) groups excluding carboxylic acids is 3. The third kappa shape index (κ3) is 6.48. The third-order valence-corrected chi connectivity index (χ3v) is 5.07. The largest absolute Gasteiger partial charge is 0.482 e. The van der Waals surface area contributed by atoms with Crippen LogP contribution in [-0.4, -0.2) is 35.9 Å². The van der Waals surface area contributed by atoms with Gasteiger partial charge in [-0.05, 0) is 31.2 Å². The molecule has 0 fully saturated rings. The molecule has 0 aliphatic heterocycles. The minimum Gasteiger partial charge on any atom is -0.482 e. The summed E-state index contributed by atoms with van der Waals surface area (Å²) >= 11 is 1.29. The molecule has 0 aliphatic carbocycles. The standard InChI is InChI=1S/C23H22N2O5S/c1-3-20(26)17-8-10-18(11-9-17)29-13-22(28)30-12-21(27)25-23-24-19(14-31-23)16-6-4-15(2)5-7-16/h4-11,14H,3,12-13H2,1-2H3,(H,24,25,27). The summed E-state index contributed by atoms with van der Waals surface area (Å²) in [7, 11) is 0. The zero-order valence-electron chi connectivity index (χ0n) is 17.2. The van der Waals surface area contributed by atoms with Gasteiger partial charge in [-0.15, -0.1) is 11.3 Å². The molecule has 1 aromatic heterocycles. The number of anilines is 1. The lowest BCUT2D eigenvalue weighted by Gasteiger charge is -2.07. The number of nitrogens with one attached hydrogen (secondary N) is 1. The van der Waals surface area contributed by atoms with Crippen LogP contribution in [0.2, 0.25) is 0 Å². The van der Waals surface area contributed by atoms with Crippen molar-refractivity contribution in [3.8, 4) is 17.0 Å². The number of amides is 1. The molecule has 31 heavy (non-hydrogen) atoms. The number of hydrogen-bond donors (Lipinski definition) is 1. The predicted molar refractivity (Wildman–Crippen MR) is 118 cm³/mol. The van der Waals surface area contributed by atoms with Crippen molar-refractivity contribution in [2.45, 2.75) is 20.3 Å². The molecule has 0 aliphatic rings. The maximum atomic E-state index is 12.0. The zero-order chi connectivity index (χ0) is 22.2. The fourth-order valence-corrected chi connectivity index (χ4v) is 3.35. The molecule has 1 N–H and O–H groups in total. The average molecular weight is 439 g/mol. The van der Waals surface area contributed by atoms with Crippen LogP contribution in [0.15, 0.2) is 53.9 Å². The highest BCUT2D eigenvalue weighted by atomic mass is 32.1. The number of nitrogens with zero attached hydrogens (tertiary/aromatic N) is 1. The highest BCUT2D eigenvalue weighted by Crippen LogP contribution is 2.25. The van der Waals surface area contributed by atoms with Gasteiger partial charge in [0.25, 0.3) is 5.91 Å². The number of ether oxygens (including phenoxy) is 2. The molecule has 0 unspecified atom stereocenters. The molecule has 3 rings (SSSR count). The maximum Gasteiger partial charge on any atom is 0.344 e. The van der Waals surface area contributed by atoms with Crippen LogP contribution in [0, 0.1) is 6.92 Å². The minimum atomic E-state index is -0.677. The van der Waals surface area contributed by atoms with E-state index < -0.39 is 18.5 Å². The van der Waals surface area contributed by atoms with Gasteiger partial charge in [-0.1, -0.05) is 36.8 Å². The topological polar surface area (TPSA) is 94.6 Å². The van der Waals surface area contributed by atoms with Crippen molar-refractivity contribution in [1.29, 1.82) is 0 Å². The van der Waals surface area contributed by atoms with Gasteiger partial charge >= 0.3 is 5.97 Å². The number of benzene rings is 2. The fraction of sp³-hybridized carbons (Fsp3) is 0.217. The van der Waals surface area contributed by atoms with Gasteiger partial charge in [0.05, 0.1) is 5.69 Å². The van der Waals surface area contributed by atoms with Crippen molar-refractivity contribution in [3.63, 3.8) is 0 Å². The van der Waals surface area contributed by atoms with Gasteiger partial charge in [-0.2, -0.15) is 0 Å². The molecule has 3 aromatic rings. The Balaban J connectivity index is 1.42. The van der Waals surface area contributed by atoms with Crippen LogP contribution in [0.3, 0.4) is 0 Å². The Morgan fingerprint density at radius 3 is 2.39 bits per heavy atom. The maximum absolute atomic E-state index is 12.0. The normalized spacial score (nSPS) is 10.4. The summed E-state index contributed by atoms with van der Waals surface area (Å²) in [5.41, 5.74) is 3.46. The monoisotopic (exact) mass is 438 g/mol. The van der Waals surface area contributed by atoms with Crippen molar-refractivity contribution in [1.82, 2.24) is 4.98 Å². The lowest BCUT2D eigenvalue weighted by Crippen LogP contribution is -2.23. The van der Waals surface area contributed by atoms with Gasteiger partial charge in [-0.3, -0.25) is 14.9 Å². The van der Waals surface area contributed by atoms with Crippen molar-refractivity contribution in [2.24, 2.45) is 0 Å². The van der Waals surface area contributed by atoms with Gasteiger partial charge in [-0.25, -0.2) is 9.78 Å². The Kier molecular flexibility index (Phi) is 7.50. The van der Waals surface area contributed by atoms with E-state index in [0.717, 1.165) is 16.8 Å². The molecule has 0 bridgehead atoms. The summed E-state index contributed by atoms with van der Waals surface area (Å²) in [6.07, 6.45) is 0.419. The van der Waals surface area contributed by atoms with Gasteiger partial charge < -0.3 is 9.47 Å². The molecule has 0 atom stereocenters. The van der Waals surface area contributed by atoms with Crippen LogP contribution >= 0.6 is 11.3 Å². The average Bonchev–Trinajstić information content (AvgIpc) is 3.25. The van der Waals surface area contributed by atoms with E-state index in [4.69, 9.17) is 9.47 Å². The number of rotatable bonds is 9. The molecule has 1 heterocycles. The number of carbonyl (C=O) groups is 3. The van der Waals surface area contributed by atoms with E-state index in [1.807, 2.05) is 36.6 Å². The van der Waals surface area contributed by atoms with Gasteiger partial charge in [0, 0.05) is 22.9 Å². The van der Waals surface area contributed by atoms with E-state index in [1.54, 1.807) is 31.2 Å². The number of hydrogen-bond acceptors (Lipinski definition) is 7. The molecule has 0 saturated heterocycles. The molecule has 160 valence electrons. The van der Waals surface area contributed by atoms with Crippen molar-refractivity contribution in [3.05, 3.63) is 65.0 Å². The smallest absolute Gasteiger partial charge is 0.344 e. The zero-order valence-corrected chi connectivity index (χ0v) is 18.0. The molecule has 8 heteroatoms. The Bertz CT molecular complexity index is 1060. The van der Waals surface area contributed by atoms with Crippen molar-refractivity contribution >= 4 is 34.1 Å². The minimum absolute atomic E-state index is 0.0307. The number of esters is 1. The van der Waals surface area contributed by atoms with Crippen LogP contribution in [-0.2, 0) is 14.3 Å². The molecular formula is C23H22N2O5S. The van der Waals surface area contributed by atoms with E-state index in [-0.39, 0.29) is 12.4 Å². The highest BCUT2D eigenvalue weighted by molar-refractivity contribution is 7.14. The predicted octanol–water partition coefficient (Wildman–Crippen LogP) is 4.27. The Morgan fingerprint density at radius 1 is 1.00 bits per heavy atom. The quantitative estimate of drug-likeness (QED) is 0.396. The summed E-state index contributed by atoms with van der Waals surface area (Å²) < 4.78 is 10.2. The van der Waals surface area contributed by atoms with E-state index >= 15 is 0 Å². The highest BCUT2D eigenvalue weighted by Gasteiger charge is 2.12. The van der Waals surface area contributed by atoms with Gasteiger partial charge in [0.2, 0.25) is 0 Å². The Hall–Kier alpha value is -3.52. The van der Waals surface area contributed by atoms with Gasteiger partial charge in [0.15, 0.2) is 24.1 Å². The summed E-state index contributed by atoms with van der Waals surface area (Å²) in [5, 5.41) is 4.89. The molecular weight excluding hydrogens is 416 g/mol. The second-order valence-electron chi connectivity index (χ2n) is 6.70. The summed E-state index contributed by atoms with van der Waals surface area (Å²) in [6, 6.07) is 14.4. The first-order valence-electron chi connectivity index (χ1n) is 9.68. The lowest BCUT2D eigenvalue weighted by molar-refractivity contribution is -0.149. The molecule has 0 radical (unpaired) electrons. The lowest BCUT2D eigenvalue weighted by atomic mass is 10.1. The SMILES string of the molecule is CCC(=O)c1ccc(OCC(=O)OCC(=O)Nc2nc(-c3ccc(C)cc3)cs2)cc1. The van der Waals surface area contributed by atoms with Crippen molar-refractivity contribution < 1.29 is 23.9 Å². The first kappa shape index (κ1) is 22.2. The van der Waals surface area contributed by atoms with Crippen LogP contribution in [0.25, 0.3) is 11.3 Å². The molecule has 0 saturated carbocycles. The van der Waals surface area contributed by atoms with E-state index in [0.29, 0.717) is 22.9 Å². The second kappa shape index (κ2) is 10.5. The molecule has 0 spiro atoms. The first-order valence-corrected chi connectivity index (χ1v) is 10.6. The van der Waals surface area contributed by atoms with Crippen LogP contribution in [0.5, 0.6) is 5.75 Å². The molecule has 7 nitrogen and oxygen atoms in total. The fourth-order valence-electron chi connectivity index (χ4n) is 2.61. The number of ketones is 1. The summed E-state index contributed by atoms with van der Waals surface area (Å²) in [4.78, 5) is 39.8. The number of aryl methyl sites for hydroxylation is 1. The van der Waals surface area contributed by atoms with E-state index in [2.05, 4.69) is 10.3 Å². The number of aromatic nitrogens is 1.